The van der Waals surface area contributed by atoms with Crippen LogP contribution in [-0.2, 0) is 25.6 Å². The standard InChI is InChI=1S/C30H45N3O7Si/c1-20-12-13-31(29(37)40-30(2,3)4)18-25(20)39-22-8-9-23-21(16-22)17-32(27(23)35)24-10-11-26(34)33(28(24)36)19-38-14-15-41(5,6)7/h8-9,16,20,24-25H,10-15,17-19H2,1-7H3/t20-,24?,25+/m0/s1. The third-order valence-corrected chi connectivity index (χ3v) is 9.52. The molecule has 3 heterocycles. The molecule has 1 aromatic rings. The van der Waals surface area contributed by atoms with Crippen molar-refractivity contribution in [2.45, 2.75) is 96.9 Å². The minimum atomic E-state index is -1.30. The number of carbonyl (C=O) groups excluding carboxylic acids is 4. The summed E-state index contributed by atoms with van der Waals surface area (Å²) in [6, 6.07) is 5.59. The van der Waals surface area contributed by atoms with Gasteiger partial charge in [-0.05, 0) is 69.3 Å². The number of ether oxygens (including phenoxy) is 3. The molecule has 4 rings (SSSR count). The van der Waals surface area contributed by atoms with Crippen LogP contribution in [0.5, 0.6) is 5.75 Å². The molecule has 4 amide bonds. The Kier molecular flexibility index (Phi) is 9.18. The fourth-order valence-corrected chi connectivity index (χ4v) is 6.04. The van der Waals surface area contributed by atoms with Gasteiger partial charge in [0.05, 0.1) is 6.54 Å². The molecule has 1 aromatic carbocycles. The van der Waals surface area contributed by atoms with Crippen LogP contribution in [-0.4, -0.2) is 90.8 Å². The Labute approximate surface area is 244 Å². The summed E-state index contributed by atoms with van der Waals surface area (Å²) in [5, 5.41) is 0. The van der Waals surface area contributed by atoms with Crippen LogP contribution in [0.2, 0.25) is 25.7 Å². The predicted molar refractivity (Wildman–Crippen MR) is 156 cm³/mol. The van der Waals surface area contributed by atoms with Gasteiger partial charge < -0.3 is 24.0 Å². The molecular weight excluding hydrogens is 542 g/mol. The molecule has 3 aliphatic rings. The number of piperidine rings is 2. The van der Waals surface area contributed by atoms with Crippen molar-refractivity contribution in [3.8, 4) is 5.75 Å². The average molecular weight is 588 g/mol. The number of carbonyl (C=O) groups is 4. The predicted octanol–water partition coefficient (Wildman–Crippen LogP) is 4.50. The Balaban J connectivity index is 1.39. The number of nitrogens with zero attached hydrogens (tertiary/aromatic N) is 3. The van der Waals surface area contributed by atoms with E-state index in [1.54, 1.807) is 21.9 Å². The molecule has 11 heteroatoms. The van der Waals surface area contributed by atoms with Gasteiger partial charge in [0.2, 0.25) is 5.91 Å². The van der Waals surface area contributed by atoms with Crippen LogP contribution in [0, 0.1) is 5.92 Å². The number of fused-ring (bicyclic) bond motifs is 1. The molecular formula is C30H45N3O7Si. The van der Waals surface area contributed by atoms with Crippen molar-refractivity contribution < 1.29 is 33.4 Å². The van der Waals surface area contributed by atoms with E-state index in [-0.39, 0.29) is 55.5 Å². The minimum absolute atomic E-state index is 0.0779. The normalized spacial score (nSPS) is 23.6. The maximum Gasteiger partial charge on any atom is 0.410 e. The fraction of sp³-hybridized carbons (Fsp3) is 0.667. The van der Waals surface area contributed by atoms with E-state index in [4.69, 9.17) is 14.2 Å². The van der Waals surface area contributed by atoms with Gasteiger partial charge in [0.1, 0.15) is 30.2 Å². The van der Waals surface area contributed by atoms with E-state index in [1.165, 1.54) is 0 Å². The van der Waals surface area contributed by atoms with E-state index >= 15 is 0 Å². The van der Waals surface area contributed by atoms with E-state index in [2.05, 4.69) is 26.6 Å². The van der Waals surface area contributed by atoms with E-state index < -0.39 is 19.7 Å². The first-order valence-electron chi connectivity index (χ1n) is 14.6. The molecule has 3 aliphatic heterocycles. The lowest BCUT2D eigenvalue weighted by atomic mass is 9.96. The van der Waals surface area contributed by atoms with Gasteiger partial charge in [0.15, 0.2) is 0 Å². The first-order chi connectivity index (χ1) is 19.1. The number of likely N-dealkylation sites (tertiary alicyclic amines) is 2. The molecule has 1 unspecified atom stereocenters. The zero-order valence-electron chi connectivity index (χ0n) is 25.5. The molecule has 41 heavy (non-hydrogen) atoms. The number of imide groups is 1. The van der Waals surface area contributed by atoms with Gasteiger partial charge in [-0.2, -0.15) is 0 Å². The highest BCUT2D eigenvalue weighted by Gasteiger charge is 2.43. The quantitative estimate of drug-likeness (QED) is 0.251. The van der Waals surface area contributed by atoms with E-state index in [0.717, 1.165) is 22.9 Å². The molecule has 0 N–H and O–H groups in total. The summed E-state index contributed by atoms with van der Waals surface area (Å²) in [7, 11) is -1.30. The first-order valence-corrected chi connectivity index (χ1v) is 18.3. The van der Waals surface area contributed by atoms with Crippen molar-refractivity contribution in [2.24, 2.45) is 5.92 Å². The van der Waals surface area contributed by atoms with Crippen LogP contribution in [0.15, 0.2) is 18.2 Å². The molecule has 2 saturated heterocycles. The third kappa shape index (κ3) is 7.68. The number of hydrogen-bond donors (Lipinski definition) is 0. The van der Waals surface area contributed by atoms with E-state index in [9.17, 15) is 19.2 Å². The monoisotopic (exact) mass is 587 g/mol. The second-order valence-corrected chi connectivity index (χ2v) is 19.3. The number of amides is 4. The minimum Gasteiger partial charge on any atom is -0.488 e. The summed E-state index contributed by atoms with van der Waals surface area (Å²) in [5.41, 5.74) is 0.745. The van der Waals surface area contributed by atoms with Crippen molar-refractivity contribution in [3.63, 3.8) is 0 Å². The van der Waals surface area contributed by atoms with Crippen molar-refractivity contribution in [2.75, 3.05) is 26.4 Å². The van der Waals surface area contributed by atoms with Crippen molar-refractivity contribution >= 4 is 31.9 Å². The van der Waals surface area contributed by atoms with Gasteiger partial charge in [-0.1, -0.05) is 26.6 Å². The Hall–Kier alpha value is -2.92. The van der Waals surface area contributed by atoms with E-state index in [0.29, 0.717) is 37.4 Å². The molecule has 0 aliphatic carbocycles. The molecule has 0 radical (unpaired) electrons. The largest absolute Gasteiger partial charge is 0.488 e. The van der Waals surface area contributed by atoms with Gasteiger partial charge >= 0.3 is 6.09 Å². The second-order valence-electron chi connectivity index (χ2n) is 13.7. The summed E-state index contributed by atoms with van der Waals surface area (Å²) in [6.07, 6.45) is 0.715. The smallest absolute Gasteiger partial charge is 0.410 e. The lowest BCUT2D eigenvalue weighted by Gasteiger charge is -2.37. The van der Waals surface area contributed by atoms with Gasteiger partial charge in [-0.3, -0.25) is 19.3 Å². The lowest BCUT2D eigenvalue weighted by Crippen LogP contribution is -2.55. The topological polar surface area (TPSA) is 106 Å². The van der Waals surface area contributed by atoms with E-state index in [1.807, 2.05) is 26.8 Å². The highest BCUT2D eigenvalue weighted by molar-refractivity contribution is 6.76. The Morgan fingerprint density at radius 2 is 1.83 bits per heavy atom. The molecule has 0 aromatic heterocycles. The SMILES string of the molecule is C[C@H]1CCN(C(=O)OC(C)(C)C)C[C@H]1Oc1ccc2c(c1)CN(C1CCC(=O)N(COCC[Si](C)(C)C)C1=O)C2=O. The van der Waals surface area contributed by atoms with Crippen molar-refractivity contribution in [1.29, 1.82) is 0 Å². The first kappa shape index (κ1) is 31.0. The van der Waals surface area contributed by atoms with Crippen molar-refractivity contribution in [1.82, 2.24) is 14.7 Å². The Morgan fingerprint density at radius 1 is 1.10 bits per heavy atom. The van der Waals surface area contributed by atoms with Crippen LogP contribution in [0.3, 0.4) is 0 Å². The Bertz CT molecular complexity index is 1180. The summed E-state index contributed by atoms with van der Waals surface area (Å²) < 4.78 is 17.6. The highest BCUT2D eigenvalue weighted by Crippen LogP contribution is 2.33. The molecule has 0 saturated carbocycles. The molecule has 10 nitrogen and oxygen atoms in total. The summed E-state index contributed by atoms with van der Waals surface area (Å²) in [4.78, 5) is 56.2. The summed E-state index contributed by atoms with van der Waals surface area (Å²) in [6.45, 7) is 16.1. The van der Waals surface area contributed by atoms with Gasteiger partial charge in [-0.15, -0.1) is 0 Å². The van der Waals surface area contributed by atoms with Gasteiger partial charge in [-0.25, -0.2) is 4.79 Å². The summed E-state index contributed by atoms with van der Waals surface area (Å²) >= 11 is 0. The summed E-state index contributed by atoms with van der Waals surface area (Å²) in [5.74, 6) is -0.0208. The maximum atomic E-state index is 13.3. The van der Waals surface area contributed by atoms with Crippen LogP contribution in [0.1, 0.15) is 62.9 Å². The number of hydrogen-bond acceptors (Lipinski definition) is 7. The molecule has 226 valence electrons. The second kappa shape index (κ2) is 12.1. The number of benzene rings is 1. The zero-order valence-corrected chi connectivity index (χ0v) is 26.5. The van der Waals surface area contributed by atoms with Crippen LogP contribution in [0.25, 0.3) is 0 Å². The maximum absolute atomic E-state index is 13.3. The van der Waals surface area contributed by atoms with Crippen LogP contribution >= 0.6 is 0 Å². The Morgan fingerprint density at radius 3 is 2.51 bits per heavy atom. The molecule has 0 bridgehead atoms. The lowest BCUT2D eigenvalue weighted by molar-refractivity contribution is -0.158. The fourth-order valence-electron chi connectivity index (χ4n) is 5.28. The molecule has 0 spiro atoms. The van der Waals surface area contributed by atoms with Gasteiger partial charge in [0, 0.05) is 39.8 Å². The van der Waals surface area contributed by atoms with Crippen LogP contribution in [0.4, 0.5) is 4.79 Å². The number of rotatable bonds is 8. The van der Waals surface area contributed by atoms with Gasteiger partial charge in [0.25, 0.3) is 11.8 Å². The third-order valence-electron chi connectivity index (χ3n) is 7.81. The zero-order chi connectivity index (χ0) is 30.1. The highest BCUT2D eigenvalue weighted by atomic mass is 28.3. The average Bonchev–Trinajstić information content (AvgIpc) is 3.18. The molecule has 3 atom stereocenters. The van der Waals surface area contributed by atoms with Crippen LogP contribution < -0.4 is 4.74 Å². The molecule has 2 fully saturated rings. The van der Waals surface area contributed by atoms with Crippen molar-refractivity contribution in [3.05, 3.63) is 29.3 Å².